The Morgan fingerprint density at radius 2 is 1.89 bits per heavy atom. The maximum absolute atomic E-state index is 12.0. The summed E-state index contributed by atoms with van der Waals surface area (Å²) in [6.45, 7) is 6.77. The fraction of sp³-hybridized carbons (Fsp3) is 0.833. The van der Waals surface area contributed by atoms with Gasteiger partial charge in [0, 0.05) is 12.8 Å². The van der Waals surface area contributed by atoms with E-state index < -0.39 is 20.6 Å². The van der Waals surface area contributed by atoms with Crippen molar-refractivity contribution in [3.8, 4) is 0 Å². The molecule has 0 aromatic rings. The molecule has 1 aliphatic heterocycles. The summed E-state index contributed by atoms with van der Waals surface area (Å²) in [6.07, 6.45) is 1.14. The number of piperazine rings is 1. The van der Waals surface area contributed by atoms with Gasteiger partial charge in [0.2, 0.25) is 11.8 Å². The highest BCUT2D eigenvalue weighted by atomic mass is 32.2. The summed E-state index contributed by atoms with van der Waals surface area (Å²) in [5.74, 6) is -0.534. The van der Waals surface area contributed by atoms with Crippen LogP contribution in [0.4, 0.5) is 0 Å². The van der Waals surface area contributed by atoms with Crippen molar-refractivity contribution in [3.63, 3.8) is 0 Å². The van der Waals surface area contributed by atoms with Crippen molar-refractivity contribution in [2.24, 2.45) is 5.92 Å². The molecule has 0 saturated carbocycles. The second-order valence-electron chi connectivity index (χ2n) is 5.96. The van der Waals surface area contributed by atoms with Gasteiger partial charge >= 0.3 is 0 Å². The Morgan fingerprint density at radius 1 is 1.37 bits per heavy atom. The molecule has 1 unspecified atom stereocenters. The summed E-state index contributed by atoms with van der Waals surface area (Å²) in [5, 5.41) is 2.54. The van der Waals surface area contributed by atoms with E-state index in [0.717, 1.165) is 6.26 Å². The average molecular weight is 290 g/mol. The van der Waals surface area contributed by atoms with Gasteiger partial charge in [0.05, 0.1) is 11.3 Å². The molecule has 1 atom stereocenters. The fourth-order valence-electron chi connectivity index (χ4n) is 2.04. The van der Waals surface area contributed by atoms with Gasteiger partial charge in [-0.2, -0.15) is 0 Å². The van der Waals surface area contributed by atoms with Crippen LogP contribution in [0.2, 0.25) is 0 Å². The van der Waals surface area contributed by atoms with Crippen molar-refractivity contribution in [2.45, 2.75) is 38.5 Å². The molecule has 1 fully saturated rings. The van der Waals surface area contributed by atoms with E-state index in [1.807, 2.05) is 13.8 Å². The van der Waals surface area contributed by atoms with Crippen LogP contribution in [0, 0.1) is 5.92 Å². The maximum atomic E-state index is 12.0. The quantitative estimate of drug-likeness (QED) is 0.776. The number of hydrogen-bond donors (Lipinski definition) is 1. The van der Waals surface area contributed by atoms with Gasteiger partial charge in [-0.05, 0) is 19.8 Å². The van der Waals surface area contributed by atoms with Crippen molar-refractivity contribution in [1.82, 2.24) is 10.2 Å². The molecule has 2 amide bonds. The standard InChI is InChI=1S/C12H22N2O4S/c1-8(2)10-11(16)13-6-9(15)14(10)7-12(3,4)19(5,17)18/h8,10H,6-7H2,1-5H3,(H,13,16). The Balaban J connectivity index is 3.07. The summed E-state index contributed by atoms with van der Waals surface area (Å²) in [7, 11) is -3.32. The van der Waals surface area contributed by atoms with E-state index in [1.165, 1.54) is 4.90 Å². The van der Waals surface area contributed by atoms with Gasteiger partial charge in [-0.3, -0.25) is 9.59 Å². The first-order chi connectivity index (χ1) is 8.47. The predicted octanol–water partition coefficient (Wildman–Crippen LogP) is -0.207. The molecule has 1 heterocycles. The SMILES string of the molecule is CC(C)C1C(=O)NCC(=O)N1CC(C)(C)S(C)(=O)=O. The molecule has 0 radical (unpaired) electrons. The molecular formula is C12H22N2O4S. The second kappa shape index (κ2) is 5.11. The molecule has 0 aromatic carbocycles. The summed E-state index contributed by atoms with van der Waals surface area (Å²) < 4.78 is 22.4. The Bertz CT molecular complexity index is 482. The molecule has 0 aromatic heterocycles. The van der Waals surface area contributed by atoms with E-state index in [-0.39, 0.29) is 30.8 Å². The molecule has 1 saturated heterocycles. The largest absolute Gasteiger partial charge is 0.345 e. The highest BCUT2D eigenvalue weighted by Crippen LogP contribution is 2.22. The molecule has 110 valence electrons. The first-order valence-electron chi connectivity index (χ1n) is 6.24. The van der Waals surface area contributed by atoms with Gasteiger partial charge < -0.3 is 10.2 Å². The van der Waals surface area contributed by atoms with Gasteiger partial charge in [0.1, 0.15) is 6.04 Å². The Morgan fingerprint density at radius 3 is 2.32 bits per heavy atom. The van der Waals surface area contributed by atoms with Crippen LogP contribution in [-0.4, -0.2) is 55.3 Å². The lowest BCUT2D eigenvalue weighted by Gasteiger charge is -2.40. The topological polar surface area (TPSA) is 83.6 Å². The molecule has 7 heteroatoms. The first kappa shape index (κ1) is 15.9. The third-order valence-corrected chi connectivity index (χ3v) is 5.66. The van der Waals surface area contributed by atoms with Crippen molar-refractivity contribution in [2.75, 3.05) is 19.3 Å². The molecule has 1 rings (SSSR count). The lowest BCUT2D eigenvalue weighted by atomic mass is 9.98. The van der Waals surface area contributed by atoms with Gasteiger partial charge in [-0.15, -0.1) is 0 Å². The lowest BCUT2D eigenvalue weighted by Crippen LogP contribution is -2.63. The van der Waals surface area contributed by atoms with E-state index in [9.17, 15) is 18.0 Å². The van der Waals surface area contributed by atoms with E-state index in [2.05, 4.69) is 5.32 Å². The number of rotatable bonds is 4. The van der Waals surface area contributed by atoms with Crippen LogP contribution in [0.1, 0.15) is 27.7 Å². The van der Waals surface area contributed by atoms with E-state index in [1.54, 1.807) is 13.8 Å². The number of carbonyl (C=O) groups excluding carboxylic acids is 2. The van der Waals surface area contributed by atoms with Gasteiger partial charge in [0.15, 0.2) is 9.84 Å². The molecule has 6 nitrogen and oxygen atoms in total. The number of nitrogens with zero attached hydrogens (tertiary/aromatic N) is 1. The number of hydrogen-bond acceptors (Lipinski definition) is 4. The van der Waals surface area contributed by atoms with E-state index >= 15 is 0 Å². The Labute approximate surface area is 114 Å². The zero-order valence-corrected chi connectivity index (χ0v) is 12.9. The van der Waals surface area contributed by atoms with Gasteiger partial charge in [0.25, 0.3) is 0 Å². The summed E-state index contributed by atoms with van der Waals surface area (Å²) in [5.41, 5.74) is 0. The zero-order chi connectivity index (χ0) is 15.0. The van der Waals surface area contributed by atoms with Crippen LogP contribution in [0.25, 0.3) is 0 Å². The second-order valence-corrected chi connectivity index (χ2v) is 8.61. The van der Waals surface area contributed by atoms with E-state index in [0.29, 0.717) is 0 Å². The molecule has 19 heavy (non-hydrogen) atoms. The highest BCUT2D eigenvalue weighted by molar-refractivity contribution is 7.92. The molecule has 0 aliphatic carbocycles. The Hall–Kier alpha value is -1.11. The minimum atomic E-state index is -3.32. The molecule has 0 spiro atoms. The Kier molecular flexibility index (Phi) is 4.29. The number of carbonyl (C=O) groups is 2. The summed E-state index contributed by atoms with van der Waals surface area (Å²) in [6, 6.07) is -0.609. The average Bonchev–Trinajstić information content (AvgIpc) is 2.21. The third kappa shape index (κ3) is 3.26. The van der Waals surface area contributed by atoms with E-state index in [4.69, 9.17) is 0 Å². The summed E-state index contributed by atoms with van der Waals surface area (Å²) in [4.78, 5) is 25.2. The maximum Gasteiger partial charge on any atom is 0.243 e. The monoisotopic (exact) mass is 290 g/mol. The normalized spacial score (nSPS) is 21.8. The molecular weight excluding hydrogens is 268 g/mol. The van der Waals surface area contributed by atoms with Crippen LogP contribution in [0.15, 0.2) is 0 Å². The van der Waals surface area contributed by atoms with Crippen LogP contribution < -0.4 is 5.32 Å². The van der Waals surface area contributed by atoms with Crippen molar-refractivity contribution < 1.29 is 18.0 Å². The van der Waals surface area contributed by atoms with Crippen molar-refractivity contribution >= 4 is 21.7 Å². The van der Waals surface area contributed by atoms with Crippen LogP contribution in [0.5, 0.6) is 0 Å². The lowest BCUT2D eigenvalue weighted by molar-refractivity contribution is -0.147. The van der Waals surface area contributed by atoms with Crippen molar-refractivity contribution in [1.29, 1.82) is 0 Å². The fourth-order valence-corrected chi connectivity index (χ4v) is 2.42. The van der Waals surface area contributed by atoms with Gasteiger partial charge in [-0.1, -0.05) is 13.8 Å². The molecule has 1 aliphatic rings. The summed E-state index contributed by atoms with van der Waals surface area (Å²) >= 11 is 0. The number of nitrogens with one attached hydrogen (secondary N) is 1. The third-order valence-electron chi connectivity index (χ3n) is 3.52. The minimum Gasteiger partial charge on any atom is -0.345 e. The zero-order valence-electron chi connectivity index (χ0n) is 12.1. The van der Waals surface area contributed by atoms with Crippen LogP contribution in [0.3, 0.4) is 0 Å². The van der Waals surface area contributed by atoms with Crippen LogP contribution in [-0.2, 0) is 19.4 Å². The van der Waals surface area contributed by atoms with Crippen LogP contribution >= 0.6 is 0 Å². The number of amides is 2. The molecule has 0 bridgehead atoms. The smallest absolute Gasteiger partial charge is 0.243 e. The minimum absolute atomic E-state index is 0.0287. The number of sulfone groups is 1. The van der Waals surface area contributed by atoms with Gasteiger partial charge in [-0.25, -0.2) is 8.42 Å². The highest BCUT2D eigenvalue weighted by Gasteiger charge is 2.42. The first-order valence-corrected chi connectivity index (χ1v) is 8.13. The van der Waals surface area contributed by atoms with Crippen molar-refractivity contribution in [3.05, 3.63) is 0 Å². The predicted molar refractivity (Wildman–Crippen MR) is 72.3 cm³/mol. The molecule has 1 N–H and O–H groups in total.